The average molecular weight is 307 g/mol. The molecule has 2 rings (SSSR count). The fourth-order valence-corrected chi connectivity index (χ4v) is 2.63. The third-order valence-electron chi connectivity index (χ3n) is 3.50. The maximum Gasteiger partial charge on any atom is 0.193 e. The molecule has 2 aromatic rings. The number of carbonyl (C=O) groups is 1. The van der Waals surface area contributed by atoms with Crippen LogP contribution >= 0.6 is 23.2 Å². The Morgan fingerprint density at radius 1 is 0.700 bits per heavy atom. The fraction of sp³-hybridized carbons (Fsp3) is 0.235. The van der Waals surface area contributed by atoms with Crippen molar-refractivity contribution in [2.24, 2.45) is 0 Å². The molecule has 1 nitrogen and oxygen atoms in total. The van der Waals surface area contributed by atoms with Gasteiger partial charge in [-0.3, -0.25) is 4.79 Å². The largest absolute Gasteiger partial charge is 0.289 e. The Hall–Kier alpha value is -1.31. The maximum atomic E-state index is 12.7. The monoisotopic (exact) mass is 306 g/mol. The predicted molar refractivity (Wildman–Crippen MR) is 85.3 cm³/mol. The molecule has 2 aromatic carbocycles. The number of benzene rings is 2. The molecule has 0 saturated heterocycles. The predicted octanol–water partition coefficient (Wildman–Crippen LogP) is 5.46. The van der Waals surface area contributed by atoms with Crippen LogP contribution in [-0.4, -0.2) is 5.78 Å². The van der Waals surface area contributed by atoms with Gasteiger partial charge in [-0.05, 0) is 74.2 Å². The molecule has 20 heavy (non-hydrogen) atoms. The van der Waals surface area contributed by atoms with Gasteiger partial charge in [0.1, 0.15) is 0 Å². The van der Waals surface area contributed by atoms with E-state index in [0.717, 1.165) is 22.3 Å². The number of rotatable bonds is 2. The third kappa shape index (κ3) is 2.74. The normalized spacial score (nSPS) is 10.7. The average Bonchev–Trinajstić information content (AvgIpc) is 2.37. The zero-order valence-corrected chi connectivity index (χ0v) is 13.5. The lowest BCUT2D eigenvalue weighted by atomic mass is 9.93. The molecule has 0 spiro atoms. The van der Waals surface area contributed by atoms with Gasteiger partial charge in [-0.25, -0.2) is 0 Å². The first-order valence-corrected chi connectivity index (χ1v) is 7.15. The SMILES string of the molecule is Cc1cc(C(=O)c2cc(C)c(Cl)cc2C)c(C)cc1Cl. The lowest BCUT2D eigenvalue weighted by Crippen LogP contribution is -2.07. The van der Waals surface area contributed by atoms with Crippen LogP contribution < -0.4 is 0 Å². The Morgan fingerprint density at radius 3 is 1.40 bits per heavy atom. The molecule has 0 aliphatic heterocycles. The second-order valence-electron chi connectivity index (χ2n) is 5.16. The summed E-state index contributed by atoms with van der Waals surface area (Å²) in [5.74, 6) is 0.0135. The summed E-state index contributed by atoms with van der Waals surface area (Å²) in [7, 11) is 0. The molecule has 0 radical (unpaired) electrons. The summed E-state index contributed by atoms with van der Waals surface area (Å²) in [4.78, 5) is 12.7. The quantitative estimate of drug-likeness (QED) is 0.673. The Balaban J connectivity index is 2.57. The molecule has 0 aromatic heterocycles. The molecular formula is C17H16Cl2O. The molecule has 0 fully saturated rings. The van der Waals surface area contributed by atoms with E-state index in [1.54, 1.807) is 0 Å². The van der Waals surface area contributed by atoms with E-state index < -0.39 is 0 Å². The van der Waals surface area contributed by atoms with Gasteiger partial charge in [-0.1, -0.05) is 23.2 Å². The lowest BCUT2D eigenvalue weighted by molar-refractivity contribution is 0.103. The van der Waals surface area contributed by atoms with E-state index >= 15 is 0 Å². The van der Waals surface area contributed by atoms with Crippen LogP contribution in [0.4, 0.5) is 0 Å². The summed E-state index contributed by atoms with van der Waals surface area (Å²) in [5.41, 5.74) is 4.97. The number of halogens is 2. The first kappa shape index (κ1) is 15.1. The number of hydrogen-bond acceptors (Lipinski definition) is 1. The summed E-state index contributed by atoms with van der Waals surface area (Å²) < 4.78 is 0. The molecular weight excluding hydrogens is 291 g/mol. The number of hydrogen-bond donors (Lipinski definition) is 0. The molecule has 0 amide bonds. The smallest absolute Gasteiger partial charge is 0.193 e. The van der Waals surface area contributed by atoms with E-state index in [2.05, 4.69) is 0 Å². The Bertz CT molecular complexity index is 643. The topological polar surface area (TPSA) is 17.1 Å². The summed E-state index contributed by atoms with van der Waals surface area (Å²) >= 11 is 12.2. The Morgan fingerprint density at radius 2 is 1.05 bits per heavy atom. The van der Waals surface area contributed by atoms with E-state index in [4.69, 9.17) is 23.2 Å². The molecule has 0 aliphatic carbocycles. The van der Waals surface area contributed by atoms with Crippen LogP contribution in [0.1, 0.15) is 38.2 Å². The lowest BCUT2D eigenvalue weighted by Gasteiger charge is -2.11. The highest BCUT2D eigenvalue weighted by Gasteiger charge is 2.16. The van der Waals surface area contributed by atoms with E-state index in [0.29, 0.717) is 21.2 Å². The van der Waals surface area contributed by atoms with Gasteiger partial charge in [-0.2, -0.15) is 0 Å². The standard InChI is InChI=1S/C17H16Cl2O/c1-9-7-15(18)11(3)5-13(9)17(20)14-6-12(4)16(19)8-10(14)2/h5-8H,1-4H3. The Kier molecular flexibility index (Phi) is 4.22. The van der Waals surface area contributed by atoms with Gasteiger partial charge < -0.3 is 0 Å². The number of ketones is 1. The first-order chi connectivity index (χ1) is 9.31. The van der Waals surface area contributed by atoms with Gasteiger partial charge >= 0.3 is 0 Å². The van der Waals surface area contributed by atoms with Gasteiger partial charge in [0.25, 0.3) is 0 Å². The van der Waals surface area contributed by atoms with Crippen LogP contribution in [0.5, 0.6) is 0 Å². The van der Waals surface area contributed by atoms with E-state index in [1.165, 1.54) is 0 Å². The summed E-state index contributed by atoms with van der Waals surface area (Å²) in [5, 5.41) is 1.37. The maximum absolute atomic E-state index is 12.7. The van der Waals surface area contributed by atoms with Crippen molar-refractivity contribution in [3.05, 3.63) is 67.7 Å². The van der Waals surface area contributed by atoms with Crippen LogP contribution in [0.15, 0.2) is 24.3 Å². The zero-order valence-electron chi connectivity index (χ0n) is 12.0. The van der Waals surface area contributed by atoms with Crippen LogP contribution in [0.2, 0.25) is 10.0 Å². The van der Waals surface area contributed by atoms with Crippen molar-refractivity contribution in [1.82, 2.24) is 0 Å². The van der Waals surface area contributed by atoms with Gasteiger partial charge in [0.2, 0.25) is 0 Å². The molecule has 0 heterocycles. The third-order valence-corrected chi connectivity index (χ3v) is 4.31. The minimum Gasteiger partial charge on any atom is -0.289 e. The second kappa shape index (κ2) is 5.59. The molecule has 0 atom stereocenters. The highest BCUT2D eigenvalue weighted by molar-refractivity contribution is 6.32. The molecule has 0 unspecified atom stereocenters. The number of carbonyl (C=O) groups excluding carboxylic acids is 1. The highest BCUT2D eigenvalue weighted by Crippen LogP contribution is 2.26. The van der Waals surface area contributed by atoms with Crippen molar-refractivity contribution in [3.8, 4) is 0 Å². The summed E-state index contributed by atoms with van der Waals surface area (Å²) in [6, 6.07) is 7.37. The molecule has 0 bridgehead atoms. The van der Waals surface area contributed by atoms with Crippen molar-refractivity contribution in [2.75, 3.05) is 0 Å². The first-order valence-electron chi connectivity index (χ1n) is 6.39. The van der Waals surface area contributed by atoms with Gasteiger partial charge in [0.15, 0.2) is 5.78 Å². The van der Waals surface area contributed by atoms with E-state index in [9.17, 15) is 4.79 Å². The number of aryl methyl sites for hydroxylation is 4. The van der Waals surface area contributed by atoms with Crippen molar-refractivity contribution >= 4 is 29.0 Å². The van der Waals surface area contributed by atoms with E-state index in [-0.39, 0.29) is 5.78 Å². The Labute approximate surface area is 129 Å². The van der Waals surface area contributed by atoms with Crippen LogP contribution in [-0.2, 0) is 0 Å². The van der Waals surface area contributed by atoms with Gasteiger partial charge in [-0.15, -0.1) is 0 Å². The van der Waals surface area contributed by atoms with Gasteiger partial charge in [0.05, 0.1) is 0 Å². The van der Waals surface area contributed by atoms with Crippen molar-refractivity contribution in [1.29, 1.82) is 0 Å². The van der Waals surface area contributed by atoms with Crippen molar-refractivity contribution in [3.63, 3.8) is 0 Å². The molecule has 0 N–H and O–H groups in total. The van der Waals surface area contributed by atoms with Gasteiger partial charge in [0, 0.05) is 21.2 Å². The molecule has 104 valence electrons. The zero-order chi connectivity index (χ0) is 15.0. The molecule has 0 saturated carbocycles. The van der Waals surface area contributed by atoms with Crippen LogP contribution in [0, 0.1) is 27.7 Å². The van der Waals surface area contributed by atoms with Crippen LogP contribution in [0.25, 0.3) is 0 Å². The molecule has 3 heteroatoms. The second-order valence-corrected chi connectivity index (χ2v) is 5.98. The van der Waals surface area contributed by atoms with Crippen molar-refractivity contribution in [2.45, 2.75) is 27.7 Å². The highest BCUT2D eigenvalue weighted by atomic mass is 35.5. The minimum absolute atomic E-state index is 0.0135. The summed E-state index contributed by atoms with van der Waals surface area (Å²) in [6.07, 6.45) is 0. The van der Waals surface area contributed by atoms with Crippen LogP contribution in [0.3, 0.4) is 0 Å². The minimum atomic E-state index is 0.0135. The fourth-order valence-electron chi connectivity index (χ4n) is 2.20. The van der Waals surface area contributed by atoms with E-state index in [1.807, 2.05) is 52.0 Å². The summed E-state index contributed by atoms with van der Waals surface area (Å²) in [6.45, 7) is 7.60. The van der Waals surface area contributed by atoms with Crippen molar-refractivity contribution < 1.29 is 4.79 Å². The molecule has 0 aliphatic rings.